The number of rotatable bonds is 8. The van der Waals surface area contributed by atoms with Gasteiger partial charge in [0.15, 0.2) is 0 Å². The first-order valence-electron chi connectivity index (χ1n) is 10.7. The summed E-state index contributed by atoms with van der Waals surface area (Å²) in [4.78, 5) is 28.6. The summed E-state index contributed by atoms with van der Waals surface area (Å²) in [5, 5.41) is 3.04. The van der Waals surface area contributed by atoms with E-state index in [1.54, 1.807) is 4.90 Å². The van der Waals surface area contributed by atoms with Gasteiger partial charge >= 0.3 is 200 Å². The molecular formula is C23H29BrInN2O3. The number of amides is 2. The van der Waals surface area contributed by atoms with Gasteiger partial charge in [-0.25, -0.2) is 0 Å². The van der Waals surface area contributed by atoms with Crippen LogP contribution in [-0.4, -0.2) is 58.8 Å². The molecule has 2 amide bonds. The molecule has 159 valence electrons. The van der Waals surface area contributed by atoms with E-state index in [1.165, 1.54) is 5.57 Å². The fourth-order valence-corrected chi connectivity index (χ4v) is 6.96. The van der Waals surface area contributed by atoms with E-state index in [2.05, 4.69) is 41.9 Å². The van der Waals surface area contributed by atoms with Crippen molar-refractivity contribution in [3.63, 3.8) is 0 Å². The molecule has 5 nitrogen and oxygen atoms in total. The zero-order chi connectivity index (χ0) is 21.7. The number of allylic oxidation sites excluding steroid dienone is 1. The zero-order valence-electron chi connectivity index (χ0n) is 17.9. The molecule has 0 saturated heterocycles. The molecule has 0 bridgehead atoms. The Morgan fingerprint density at radius 2 is 2.17 bits per heavy atom. The van der Waals surface area contributed by atoms with Crippen molar-refractivity contribution < 1.29 is 14.3 Å². The number of halogens is 1. The molecule has 2 aliphatic rings. The minimum absolute atomic E-state index is 0.000810. The molecule has 0 fully saturated rings. The number of carbonyl (C=O) groups is 2. The van der Waals surface area contributed by atoms with Gasteiger partial charge in [0.1, 0.15) is 0 Å². The Morgan fingerprint density at radius 1 is 1.37 bits per heavy atom. The molecule has 0 aromatic heterocycles. The van der Waals surface area contributed by atoms with E-state index < -0.39 is 35.1 Å². The normalized spacial score (nSPS) is 20.4. The zero-order valence-corrected chi connectivity index (χ0v) is 22.7. The third kappa shape index (κ3) is 5.53. The second-order valence-electron chi connectivity index (χ2n) is 8.09. The fraction of sp³-hybridized carbons (Fsp3) is 0.478. The van der Waals surface area contributed by atoms with Crippen molar-refractivity contribution in [3.8, 4) is 5.75 Å². The van der Waals surface area contributed by atoms with E-state index in [-0.39, 0.29) is 17.7 Å². The van der Waals surface area contributed by atoms with Crippen LogP contribution in [0.4, 0.5) is 0 Å². The molecule has 2 heterocycles. The molecule has 2 unspecified atom stereocenters. The standard InChI is InChI=1S/C23H29BrN2O3.In/c1-6-8-12-25-22(27)20-18-14-17(24)9-10-19(18)29-21(15(3)4)23(28)26(20)13-11-16(5)7-2;/h2,5,7,9-10,14-15,20-21H,6,8,11-13H2,1,3-4H3,(H,25,27);. The van der Waals surface area contributed by atoms with E-state index in [9.17, 15) is 9.59 Å². The number of unbranched alkanes of at least 4 members (excludes halogenated alkanes) is 1. The second kappa shape index (κ2) is 10.9. The van der Waals surface area contributed by atoms with Gasteiger partial charge in [-0.2, -0.15) is 0 Å². The maximum atomic E-state index is 13.6. The Bertz CT molecular complexity index is 853. The Labute approximate surface area is 198 Å². The molecule has 2 atom stereocenters. The van der Waals surface area contributed by atoms with Gasteiger partial charge in [0.05, 0.1) is 0 Å². The number of hydrogen-bond donors (Lipinski definition) is 1. The van der Waals surface area contributed by atoms with Gasteiger partial charge in [-0.3, -0.25) is 0 Å². The number of benzene rings is 1. The molecule has 0 spiro atoms. The summed E-state index contributed by atoms with van der Waals surface area (Å²) in [5.41, 5.74) is 2.03. The third-order valence-electron chi connectivity index (χ3n) is 5.42. The van der Waals surface area contributed by atoms with Gasteiger partial charge in [0.2, 0.25) is 0 Å². The van der Waals surface area contributed by atoms with Crippen molar-refractivity contribution in [1.82, 2.24) is 10.2 Å². The summed E-state index contributed by atoms with van der Waals surface area (Å²) >= 11 is 2.84. The Balaban J connectivity index is 2.00. The van der Waals surface area contributed by atoms with Crippen molar-refractivity contribution in [1.29, 1.82) is 0 Å². The van der Waals surface area contributed by atoms with E-state index in [0.29, 0.717) is 18.8 Å². The van der Waals surface area contributed by atoms with Gasteiger partial charge in [-0.05, 0) is 0 Å². The van der Waals surface area contributed by atoms with Crippen molar-refractivity contribution in [2.75, 3.05) is 13.1 Å². The summed E-state index contributed by atoms with van der Waals surface area (Å²) < 4.78 is 11.7. The Kier molecular flexibility index (Phi) is 8.52. The van der Waals surface area contributed by atoms with E-state index in [4.69, 9.17) is 4.74 Å². The van der Waals surface area contributed by atoms with Crippen LogP contribution in [0.1, 0.15) is 51.6 Å². The summed E-state index contributed by atoms with van der Waals surface area (Å²) in [6, 6.07) is 4.96. The number of nitrogens with one attached hydrogen (secondary N) is 1. The fourth-order valence-electron chi connectivity index (χ4n) is 3.74. The summed E-state index contributed by atoms with van der Waals surface area (Å²) in [6.07, 6.45) is 4.25. The number of hydrogen-bond acceptors (Lipinski definition) is 3. The Morgan fingerprint density at radius 3 is 2.83 bits per heavy atom. The van der Waals surface area contributed by atoms with Crippen molar-refractivity contribution in [2.24, 2.45) is 5.92 Å². The number of fused-ring (bicyclic) bond motifs is 1. The molecule has 0 aliphatic carbocycles. The van der Waals surface area contributed by atoms with Crippen LogP contribution in [0.15, 0.2) is 42.0 Å². The van der Waals surface area contributed by atoms with Crippen LogP contribution >= 0.6 is 15.9 Å². The predicted molar refractivity (Wildman–Crippen MR) is 123 cm³/mol. The van der Waals surface area contributed by atoms with Gasteiger partial charge in [0.25, 0.3) is 0 Å². The molecule has 3 rings (SSSR count). The molecule has 7 heteroatoms. The molecule has 1 aromatic carbocycles. The SMILES string of the molecule is CCCCNC(=O)C1c2cc(Br)ccc2OC(C(C)C)C(=O)N1CCC1=[CH][In][CH]=C1. The first-order chi connectivity index (χ1) is 14.4. The van der Waals surface area contributed by atoms with Crippen LogP contribution < -0.4 is 10.1 Å². The van der Waals surface area contributed by atoms with Gasteiger partial charge < -0.3 is 0 Å². The van der Waals surface area contributed by atoms with Crippen LogP contribution in [0.3, 0.4) is 0 Å². The first-order valence-corrected chi connectivity index (χ1v) is 15.3. The summed E-state index contributed by atoms with van der Waals surface area (Å²) in [5.74, 6) is 0.354. The molecule has 0 saturated carbocycles. The van der Waals surface area contributed by atoms with Crippen LogP contribution in [0.5, 0.6) is 5.75 Å². The number of ether oxygens (including phenoxy) is 1. The van der Waals surface area contributed by atoms with Crippen LogP contribution in [-0.2, 0) is 9.59 Å². The third-order valence-corrected chi connectivity index (χ3v) is 8.86. The minimum atomic E-state index is -0.696. The van der Waals surface area contributed by atoms with Gasteiger partial charge in [0, 0.05) is 0 Å². The van der Waals surface area contributed by atoms with Crippen LogP contribution in [0.2, 0.25) is 0 Å². The Hall–Kier alpha value is -1.21. The van der Waals surface area contributed by atoms with Crippen LogP contribution in [0.25, 0.3) is 0 Å². The molecule has 1 radical (unpaired) electrons. The van der Waals surface area contributed by atoms with Crippen molar-refractivity contribution in [2.45, 2.75) is 52.2 Å². The van der Waals surface area contributed by atoms with E-state index in [0.717, 1.165) is 29.3 Å². The quantitative estimate of drug-likeness (QED) is 0.474. The van der Waals surface area contributed by atoms with Crippen molar-refractivity contribution in [3.05, 3.63) is 47.5 Å². The predicted octanol–water partition coefficient (Wildman–Crippen LogP) is 4.16. The maximum absolute atomic E-state index is 13.6. The average Bonchev–Trinajstić information content (AvgIpc) is 3.19. The second-order valence-corrected chi connectivity index (χ2v) is 12.2. The monoisotopic (exact) mass is 575 g/mol. The molecule has 2 aliphatic heterocycles. The first kappa shape index (κ1) is 23.5. The van der Waals surface area contributed by atoms with E-state index >= 15 is 0 Å². The molecular weight excluding hydrogens is 547 g/mol. The molecule has 1 aromatic rings. The topological polar surface area (TPSA) is 58.6 Å². The summed E-state index contributed by atoms with van der Waals surface area (Å²) in [6.45, 7) is 7.16. The number of nitrogens with zero attached hydrogens (tertiary/aromatic N) is 1. The summed E-state index contributed by atoms with van der Waals surface area (Å²) in [7, 11) is 0. The average molecular weight is 576 g/mol. The van der Waals surface area contributed by atoms with E-state index in [1.807, 2.05) is 32.0 Å². The van der Waals surface area contributed by atoms with Crippen LogP contribution in [0, 0.1) is 5.92 Å². The molecule has 1 N–H and O–H groups in total. The number of carbonyl (C=O) groups excluding carboxylic acids is 2. The van der Waals surface area contributed by atoms with Gasteiger partial charge in [-0.15, -0.1) is 0 Å². The van der Waals surface area contributed by atoms with Crippen molar-refractivity contribution >= 4 is 50.7 Å². The molecule has 30 heavy (non-hydrogen) atoms. The van der Waals surface area contributed by atoms with Gasteiger partial charge in [-0.1, -0.05) is 0 Å².